The molecule has 0 aliphatic heterocycles. The van der Waals surface area contributed by atoms with Crippen LogP contribution in [0.25, 0.3) is 16.8 Å². The number of halogens is 3. The first-order valence-corrected chi connectivity index (χ1v) is 10.7. The number of amides is 1. The molecule has 9 heteroatoms. The summed E-state index contributed by atoms with van der Waals surface area (Å²) in [4.78, 5) is 17.0. The van der Waals surface area contributed by atoms with Gasteiger partial charge in [0.1, 0.15) is 5.03 Å². The van der Waals surface area contributed by atoms with Crippen molar-refractivity contribution in [3.05, 3.63) is 77.6 Å². The number of thioether (sulfide) groups is 1. The summed E-state index contributed by atoms with van der Waals surface area (Å²) in [5.41, 5.74) is 3.48. The van der Waals surface area contributed by atoms with Crippen LogP contribution in [0.15, 0.2) is 65.7 Å². The predicted molar refractivity (Wildman–Crippen MR) is 119 cm³/mol. The second kappa shape index (κ2) is 8.66. The molecule has 2 heterocycles. The highest BCUT2D eigenvalue weighted by Crippen LogP contribution is 2.32. The van der Waals surface area contributed by atoms with E-state index in [1.54, 1.807) is 4.52 Å². The Balaban J connectivity index is 1.56. The Bertz CT molecular complexity index is 1290. The third-order valence-electron chi connectivity index (χ3n) is 4.75. The van der Waals surface area contributed by atoms with Crippen molar-refractivity contribution in [1.29, 1.82) is 0 Å². The molecule has 32 heavy (non-hydrogen) atoms. The number of aryl methyl sites for hydroxylation is 2. The largest absolute Gasteiger partial charge is 0.416 e. The summed E-state index contributed by atoms with van der Waals surface area (Å²) in [5, 5.41) is 7.85. The van der Waals surface area contributed by atoms with Crippen molar-refractivity contribution >= 4 is 29.0 Å². The monoisotopic (exact) mass is 456 g/mol. The first-order chi connectivity index (χ1) is 15.2. The van der Waals surface area contributed by atoms with E-state index in [9.17, 15) is 18.0 Å². The van der Waals surface area contributed by atoms with Gasteiger partial charge in [-0.3, -0.25) is 4.79 Å². The number of fused-ring (bicyclic) bond motifs is 1. The molecule has 0 radical (unpaired) electrons. The van der Waals surface area contributed by atoms with Crippen LogP contribution < -0.4 is 5.32 Å². The molecular weight excluding hydrogens is 437 g/mol. The number of carbonyl (C=O) groups excluding carboxylic acids is 1. The van der Waals surface area contributed by atoms with Crippen LogP contribution in [-0.2, 0) is 11.0 Å². The van der Waals surface area contributed by atoms with E-state index in [-0.39, 0.29) is 11.4 Å². The van der Waals surface area contributed by atoms with Crippen molar-refractivity contribution < 1.29 is 18.0 Å². The van der Waals surface area contributed by atoms with E-state index in [0.717, 1.165) is 39.7 Å². The summed E-state index contributed by atoms with van der Waals surface area (Å²) in [7, 11) is 0. The Kier molecular flexibility index (Phi) is 5.92. The fourth-order valence-corrected chi connectivity index (χ4v) is 4.22. The summed E-state index contributed by atoms with van der Waals surface area (Å²) in [5.74, 6) is -0.405. The normalized spacial score (nSPS) is 11.7. The average molecular weight is 456 g/mol. The number of aromatic nitrogens is 3. The third kappa shape index (κ3) is 4.62. The zero-order valence-corrected chi connectivity index (χ0v) is 18.1. The topological polar surface area (TPSA) is 59.3 Å². The number of rotatable bonds is 5. The zero-order valence-electron chi connectivity index (χ0n) is 17.3. The van der Waals surface area contributed by atoms with Crippen LogP contribution in [0.1, 0.15) is 17.0 Å². The minimum atomic E-state index is -4.47. The maximum atomic E-state index is 12.9. The summed E-state index contributed by atoms with van der Waals surface area (Å²) < 4.78 is 40.4. The number of nitrogens with one attached hydrogen (secondary N) is 1. The molecule has 0 saturated heterocycles. The lowest BCUT2D eigenvalue weighted by molar-refractivity contribution is -0.137. The zero-order chi connectivity index (χ0) is 22.9. The molecule has 0 aliphatic rings. The quantitative estimate of drug-likeness (QED) is 0.306. The molecule has 1 N–H and O–H groups in total. The summed E-state index contributed by atoms with van der Waals surface area (Å²) >= 11 is 1.24. The van der Waals surface area contributed by atoms with E-state index < -0.39 is 17.6 Å². The van der Waals surface area contributed by atoms with Crippen LogP contribution >= 0.6 is 11.8 Å². The van der Waals surface area contributed by atoms with Crippen molar-refractivity contribution in [2.75, 3.05) is 11.1 Å². The van der Waals surface area contributed by atoms with Gasteiger partial charge in [0.2, 0.25) is 5.91 Å². The van der Waals surface area contributed by atoms with Gasteiger partial charge in [-0.2, -0.15) is 18.3 Å². The second-order valence-corrected chi connectivity index (χ2v) is 8.21. The molecule has 4 rings (SSSR count). The smallest absolute Gasteiger partial charge is 0.325 e. The highest BCUT2D eigenvalue weighted by molar-refractivity contribution is 7.99. The van der Waals surface area contributed by atoms with E-state index >= 15 is 0 Å². The standard InChI is InChI=1S/C23H19F3N4OS/c1-14-11-20(30-22(27-14)21(15(2)29-30)16-7-4-3-5-8-16)32-13-19(31)28-18-10-6-9-17(12-18)23(24,25)26/h3-12H,13H2,1-2H3,(H,28,31). The van der Waals surface area contributed by atoms with Crippen LogP contribution in [-0.4, -0.2) is 26.3 Å². The number of carbonyl (C=O) groups is 1. The van der Waals surface area contributed by atoms with Crippen LogP contribution in [0.3, 0.4) is 0 Å². The number of hydrogen-bond donors (Lipinski definition) is 1. The molecule has 2 aromatic heterocycles. The molecule has 0 spiro atoms. The van der Waals surface area contributed by atoms with E-state index in [0.29, 0.717) is 5.65 Å². The number of hydrogen-bond acceptors (Lipinski definition) is 4. The van der Waals surface area contributed by atoms with E-state index in [2.05, 4.69) is 15.4 Å². The second-order valence-electron chi connectivity index (χ2n) is 7.21. The number of nitrogens with zero attached hydrogens (tertiary/aromatic N) is 3. The van der Waals surface area contributed by atoms with Gasteiger partial charge in [0, 0.05) is 16.9 Å². The van der Waals surface area contributed by atoms with Crippen molar-refractivity contribution in [3.8, 4) is 11.1 Å². The van der Waals surface area contributed by atoms with Gasteiger partial charge in [0.15, 0.2) is 5.65 Å². The van der Waals surface area contributed by atoms with Crippen LogP contribution in [0.2, 0.25) is 0 Å². The van der Waals surface area contributed by atoms with Crippen molar-refractivity contribution in [2.45, 2.75) is 25.0 Å². The number of alkyl halides is 3. The summed E-state index contributed by atoms with van der Waals surface area (Å²) in [6.07, 6.45) is -4.47. The Morgan fingerprint density at radius 3 is 2.53 bits per heavy atom. The Hall–Kier alpha value is -3.33. The van der Waals surface area contributed by atoms with Crippen molar-refractivity contribution in [2.24, 2.45) is 0 Å². The minimum absolute atomic E-state index is 0.00831. The van der Waals surface area contributed by atoms with Crippen LogP contribution in [0.5, 0.6) is 0 Å². The van der Waals surface area contributed by atoms with Gasteiger partial charge in [-0.1, -0.05) is 48.2 Å². The minimum Gasteiger partial charge on any atom is -0.325 e. The predicted octanol–water partition coefficient (Wildman–Crippen LogP) is 5.76. The van der Waals surface area contributed by atoms with Gasteiger partial charge >= 0.3 is 6.18 Å². The van der Waals surface area contributed by atoms with Gasteiger partial charge in [-0.05, 0) is 43.7 Å². The molecule has 0 saturated carbocycles. The van der Waals surface area contributed by atoms with E-state index in [1.807, 2.05) is 50.2 Å². The van der Waals surface area contributed by atoms with Gasteiger partial charge < -0.3 is 5.32 Å². The van der Waals surface area contributed by atoms with E-state index in [1.165, 1.54) is 23.9 Å². The van der Waals surface area contributed by atoms with Crippen LogP contribution in [0, 0.1) is 13.8 Å². The van der Waals surface area contributed by atoms with Crippen molar-refractivity contribution in [3.63, 3.8) is 0 Å². The fraction of sp³-hybridized carbons (Fsp3) is 0.174. The molecule has 4 aromatic rings. The lowest BCUT2D eigenvalue weighted by Gasteiger charge is -2.10. The number of benzene rings is 2. The molecule has 0 bridgehead atoms. The molecular formula is C23H19F3N4OS. The molecule has 0 fully saturated rings. The van der Waals surface area contributed by atoms with Gasteiger partial charge in [-0.15, -0.1) is 0 Å². The third-order valence-corrected chi connectivity index (χ3v) is 5.74. The Morgan fingerprint density at radius 2 is 1.81 bits per heavy atom. The Morgan fingerprint density at radius 1 is 1.06 bits per heavy atom. The highest BCUT2D eigenvalue weighted by Gasteiger charge is 2.30. The summed E-state index contributed by atoms with van der Waals surface area (Å²) in [6, 6.07) is 16.2. The SMILES string of the molecule is Cc1cc(SCC(=O)Nc2cccc(C(F)(F)F)c2)n2nc(C)c(-c3ccccc3)c2n1. The highest BCUT2D eigenvalue weighted by atomic mass is 32.2. The molecule has 0 aliphatic carbocycles. The van der Waals surface area contributed by atoms with Crippen molar-refractivity contribution in [1.82, 2.24) is 14.6 Å². The fourth-order valence-electron chi connectivity index (χ4n) is 3.37. The molecule has 1 amide bonds. The maximum absolute atomic E-state index is 12.9. The maximum Gasteiger partial charge on any atom is 0.416 e. The molecule has 5 nitrogen and oxygen atoms in total. The molecule has 164 valence electrons. The average Bonchev–Trinajstić information content (AvgIpc) is 3.08. The first-order valence-electron chi connectivity index (χ1n) is 9.74. The van der Waals surface area contributed by atoms with E-state index in [4.69, 9.17) is 0 Å². The first kappa shape index (κ1) is 21.9. The Labute approximate surface area is 186 Å². The van der Waals surface area contributed by atoms with Crippen LogP contribution in [0.4, 0.5) is 18.9 Å². The lowest BCUT2D eigenvalue weighted by atomic mass is 10.1. The molecule has 0 unspecified atom stereocenters. The lowest BCUT2D eigenvalue weighted by Crippen LogP contribution is -2.15. The number of anilines is 1. The van der Waals surface area contributed by atoms with Gasteiger partial charge in [-0.25, -0.2) is 9.50 Å². The molecule has 2 aromatic carbocycles. The molecule has 0 atom stereocenters. The van der Waals surface area contributed by atoms with Gasteiger partial charge in [0.25, 0.3) is 0 Å². The van der Waals surface area contributed by atoms with Gasteiger partial charge in [0.05, 0.1) is 17.0 Å². The summed E-state index contributed by atoms with van der Waals surface area (Å²) in [6.45, 7) is 3.77.